The Labute approximate surface area is 123 Å². The summed E-state index contributed by atoms with van der Waals surface area (Å²) in [6.07, 6.45) is 6.37. The average Bonchev–Trinajstić information content (AvgIpc) is 3.01. The molecule has 0 spiro atoms. The molecular weight excluding hydrogens is 268 g/mol. The van der Waals surface area contributed by atoms with Crippen molar-refractivity contribution in [3.63, 3.8) is 0 Å². The van der Waals surface area contributed by atoms with Gasteiger partial charge in [0.15, 0.2) is 5.65 Å². The maximum Gasteiger partial charge on any atom is 0.339 e. The quantitative estimate of drug-likeness (QED) is 0.939. The number of anilines is 1. The topological polar surface area (TPSA) is 71.2 Å². The molecule has 2 unspecified atom stereocenters. The highest BCUT2D eigenvalue weighted by molar-refractivity contribution is 6.04. The summed E-state index contributed by atoms with van der Waals surface area (Å²) in [5, 5.41) is 14.6. The van der Waals surface area contributed by atoms with Crippen LogP contribution in [0.25, 0.3) is 11.0 Å². The van der Waals surface area contributed by atoms with Crippen LogP contribution in [0.3, 0.4) is 0 Å². The fraction of sp³-hybridized carbons (Fsp3) is 0.533. The second-order valence-corrected chi connectivity index (χ2v) is 5.73. The van der Waals surface area contributed by atoms with E-state index in [1.165, 1.54) is 6.20 Å². The maximum absolute atomic E-state index is 11.6. The minimum absolute atomic E-state index is 0.266. The third-order valence-corrected chi connectivity index (χ3v) is 4.48. The van der Waals surface area contributed by atoms with Crippen molar-refractivity contribution in [1.29, 1.82) is 0 Å². The number of pyridine rings is 1. The monoisotopic (exact) mass is 288 g/mol. The molecule has 2 aromatic rings. The lowest BCUT2D eigenvalue weighted by Gasteiger charge is -2.31. The molecule has 2 aromatic heterocycles. The number of carboxylic acid groups (broad SMARTS) is 1. The zero-order chi connectivity index (χ0) is 15.1. The van der Waals surface area contributed by atoms with Crippen molar-refractivity contribution < 1.29 is 9.90 Å². The number of fused-ring (bicyclic) bond motifs is 1. The summed E-state index contributed by atoms with van der Waals surface area (Å²) in [4.78, 5) is 18.2. The van der Waals surface area contributed by atoms with Crippen LogP contribution in [0.15, 0.2) is 12.4 Å². The first-order chi connectivity index (χ1) is 10.0. The van der Waals surface area contributed by atoms with Crippen molar-refractivity contribution in [2.75, 3.05) is 4.90 Å². The van der Waals surface area contributed by atoms with Gasteiger partial charge in [-0.25, -0.2) is 9.78 Å². The molecule has 1 aliphatic rings. The lowest BCUT2D eigenvalue weighted by Crippen LogP contribution is -2.35. The summed E-state index contributed by atoms with van der Waals surface area (Å²) in [7, 11) is 1.82. The Hall–Kier alpha value is -2.11. The summed E-state index contributed by atoms with van der Waals surface area (Å²) in [5.41, 5.74) is 1.77. The van der Waals surface area contributed by atoms with Crippen LogP contribution in [0.2, 0.25) is 0 Å². The fourth-order valence-electron chi connectivity index (χ4n) is 3.39. The first-order valence-electron chi connectivity index (χ1n) is 7.37. The molecule has 0 aliphatic carbocycles. The second kappa shape index (κ2) is 5.02. The fourth-order valence-corrected chi connectivity index (χ4v) is 3.39. The number of aromatic nitrogens is 3. The number of aromatic carboxylic acids is 1. The van der Waals surface area contributed by atoms with Gasteiger partial charge < -0.3 is 10.0 Å². The maximum atomic E-state index is 11.6. The molecule has 2 atom stereocenters. The van der Waals surface area contributed by atoms with Crippen LogP contribution < -0.4 is 4.90 Å². The predicted molar refractivity (Wildman–Crippen MR) is 80.7 cm³/mol. The predicted octanol–water partition coefficient (Wildman–Crippen LogP) is 2.43. The normalized spacial score (nSPS) is 22.1. The van der Waals surface area contributed by atoms with Crippen LogP contribution in [0.4, 0.5) is 5.69 Å². The molecule has 1 N–H and O–H groups in total. The van der Waals surface area contributed by atoms with Crippen LogP contribution in [0.5, 0.6) is 0 Å². The van der Waals surface area contributed by atoms with Crippen LogP contribution in [-0.4, -0.2) is 37.9 Å². The zero-order valence-electron chi connectivity index (χ0n) is 12.6. The molecule has 3 heterocycles. The summed E-state index contributed by atoms with van der Waals surface area (Å²) in [5.74, 6) is -0.933. The van der Waals surface area contributed by atoms with E-state index in [-0.39, 0.29) is 5.56 Å². The second-order valence-electron chi connectivity index (χ2n) is 5.73. The number of nitrogens with zero attached hydrogens (tertiary/aromatic N) is 4. The Morgan fingerprint density at radius 1 is 1.43 bits per heavy atom. The van der Waals surface area contributed by atoms with E-state index in [2.05, 4.69) is 28.8 Å². The largest absolute Gasteiger partial charge is 0.478 e. The lowest BCUT2D eigenvalue weighted by atomic mass is 10.1. The van der Waals surface area contributed by atoms with Crippen LogP contribution in [-0.2, 0) is 7.05 Å². The molecule has 3 rings (SSSR count). The Kier molecular flexibility index (Phi) is 3.31. The zero-order valence-corrected chi connectivity index (χ0v) is 12.6. The molecule has 1 fully saturated rings. The molecule has 0 radical (unpaired) electrons. The van der Waals surface area contributed by atoms with Crippen LogP contribution >= 0.6 is 0 Å². The molecule has 1 saturated heterocycles. The highest BCUT2D eigenvalue weighted by atomic mass is 16.4. The number of carbonyl (C=O) groups is 1. The van der Waals surface area contributed by atoms with Crippen LogP contribution in [0, 0.1) is 0 Å². The molecule has 0 amide bonds. The first kappa shape index (κ1) is 13.9. The van der Waals surface area contributed by atoms with E-state index in [1.54, 1.807) is 10.9 Å². The smallest absolute Gasteiger partial charge is 0.339 e. The molecule has 0 saturated carbocycles. The van der Waals surface area contributed by atoms with E-state index < -0.39 is 5.97 Å². The van der Waals surface area contributed by atoms with Crippen molar-refractivity contribution in [1.82, 2.24) is 14.8 Å². The Morgan fingerprint density at radius 3 is 2.86 bits per heavy atom. The van der Waals surface area contributed by atoms with Crippen molar-refractivity contribution >= 4 is 22.7 Å². The van der Waals surface area contributed by atoms with E-state index in [9.17, 15) is 9.90 Å². The van der Waals surface area contributed by atoms with Gasteiger partial charge in [-0.2, -0.15) is 5.10 Å². The van der Waals surface area contributed by atoms with Gasteiger partial charge in [0.25, 0.3) is 0 Å². The number of hydrogen-bond donors (Lipinski definition) is 1. The third-order valence-electron chi connectivity index (χ3n) is 4.48. The number of hydrogen-bond acceptors (Lipinski definition) is 4. The van der Waals surface area contributed by atoms with Crippen LogP contribution in [0.1, 0.15) is 43.5 Å². The highest BCUT2D eigenvalue weighted by Gasteiger charge is 2.34. The van der Waals surface area contributed by atoms with Gasteiger partial charge in [-0.05, 0) is 26.2 Å². The summed E-state index contributed by atoms with van der Waals surface area (Å²) in [6.45, 7) is 4.31. The summed E-state index contributed by atoms with van der Waals surface area (Å²) < 4.78 is 1.69. The van der Waals surface area contributed by atoms with E-state index in [1.807, 2.05) is 7.05 Å². The van der Waals surface area contributed by atoms with Gasteiger partial charge in [-0.15, -0.1) is 0 Å². The van der Waals surface area contributed by atoms with Gasteiger partial charge in [-0.3, -0.25) is 4.68 Å². The van der Waals surface area contributed by atoms with Crippen molar-refractivity contribution in [3.05, 3.63) is 18.0 Å². The number of aryl methyl sites for hydroxylation is 1. The summed E-state index contributed by atoms with van der Waals surface area (Å²) in [6, 6.07) is 0.711. The van der Waals surface area contributed by atoms with Crippen molar-refractivity contribution in [2.24, 2.45) is 7.05 Å². The molecule has 21 heavy (non-hydrogen) atoms. The Bertz CT molecular complexity index is 694. The molecule has 112 valence electrons. The van der Waals surface area contributed by atoms with Gasteiger partial charge in [0, 0.05) is 25.3 Å². The third kappa shape index (κ3) is 2.05. The van der Waals surface area contributed by atoms with E-state index in [0.29, 0.717) is 12.1 Å². The van der Waals surface area contributed by atoms with Crippen molar-refractivity contribution in [2.45, 2.75) is 45.2 Å². The van der Waals surface area contributed by atoms with E-state index in [0.717, 1.165) is 36.0 Å². The van der Waals surface area contributed by atoms with Gasteiger partial charge in [0.1, 0.15) is 5.56 Å². The average molecular weight is 288 g/mol. The molecule has 0 bridgehead atoms. The summed E-state index contributed by atoms with van der Waals surface area (Å²) >= 11 is 0. The lowest BCUT2D eigenvalue weighted by molar-refractivity contribution is 0.0697. The van der Waals surface area contributed by atoms with Gasteiger partial charge in [0.05, 0.1) is 17.3 Å². The molecule has 1 aliphatic heterocycles. The van der Waals surface area contributed by atoms with E-state index in [4.69, 9.17) is 0 Å². The van der Waals surface area contributed by atoms with Crippen molar-refractivity contribution in [3.8, 4) is 0 Å². The SMILES string of the molecule is CCC1CCC(C)N1c1c(C(=O)O)cnc2c1cnn2C. The van der Waals surface area contributed by atoms with Gasteiger partial charge >= 0.3 is 5.97 Å². The first-order valence-corrected chi connectivity index (χ1v) is 7.37. The number of carboxylic acids is 1. The minimum Gasteiger partial charge on any atom is -0.478 e. The molecule has 0 aromatic carbocycles. The van der Waals surface area contributed by atoms with Gasteiger partial charge in [-0.1, -0.05) is 6.92 Å². The molecular formula is C15H20N4O2. The number of rotatable bonds is 3. The minimum atomic E-state index is -0.933. The molecule has 6 heteroatoms. The van der Waals surface area contributed by atoms with Gasteiger partial charge in [0.2, 0.25) is 0 Å². The molecule has 6 nitrogen and oxygen atoms in total. The van der Waals surface area contributed by atoms with E-state index >= 15 is 0 Å². The standard InChI is InChI=1S/C15H20N4O2/c1-4-10-6-5-9(2)19(10)13-11-8-17-18(3)14(11)16-7-12(13)15(20)21/h7-10H,4-6H2,1-3H3,(H,20,21). The highest BCUT2D eigenvalue weighted by Crippen LogP contribution is 2.38. The Balaban J connectivity index is 2.27. The Morgan fingerprint density at radius 2 is 2.19 bits per heavy atom.